The van der Waals surface area contributed by atoms with Gasteiger partial charge in [-0.3, -0.25) is 0 Å². The molecule has 0 radical (unpaired) electrons. The topological polar surface area (TPSA) is 32.3 Å². The molecule has 96 valence electrons. The van der Waals surface area contributed by atoms with Gasteiger partial charge in [0.05, 0.1) is 6.10 Å². The van der Waals surface area contributed by atoms with Crippen molar-refractivity contribution in [1.82, 2.24) is 5.32 Å². The first-order chi connectivity index (χ1) is 7.28. The highest BCUT2D eigenvalue weighted by molar-refractivity contribution is 4.82. The fourth-order valence-electron chi connectivity index (χ4n) is 2.90. The van der Waals surface area contributed by atoms with Gasteiger partial charge in [0.2, 0.25) is 0 Å². The summed E-state index contributed by atoms with van der Waals surface area (Å²) >= 11 is 0. The summed E-state index contributed by atoms with van der Waals surface area (Å²) in [6.07, 6.45) is 3.54. The van der Waals surface area contributed by atoms with E-state index >= 15 is 0 Å². The Morgan fingerprint density at radius 2 is 1.62 bits per heavy atom. The lowest BCUT2D eigenvalue weighted by atomic mass is 9.74. The van der Waals surface area contributed by atoms with Crippen LogP contribution in [0.2, 0.25) is 0 Å². The molecule has 2 N–H and O–H groups in total. The molecule has 0 heterocycles. The van der Waals surface area contributed by atoms with Crippen molar-refractivity contribution in [3.63, 3.8) is 0 Å². The molecule has 3 unspecified atom stereocenters. The highest BCUT2D eigenvalue weighted by Gasteiger charge is 2.29. The number of aliphatic hydroxyl groups excluding tert-OH is 1. The van der Waals surface area contributed by atoms with E-state index in [1.807, 2.05) is 0 Å². The SMILES string of the molecule is CC1CC(C)CC(C(O)CNC(C)(C)C)C1. The Kier molecular flexibility index (Phi) is 4.81. The van der Waals surface area contributed by atoms with Crippen LogP contribution in [0.15, 0.2) is 0 Å². The molecule has 0 amide bonds. The third kappa shape index (κ3) is 4.84. The number of nitrogens with one attached hydrogen (secondary N) is 1. The molecule has 1 saturated carbocycles. The van der Waals surface area contributed by atoms with Gasteiger partial charge in [-0.2, -0.15) is 0 Å². The summed E-state index contributed by atoms with van der Waals surface area (Å²) in [5.74, 6) is 2.05. The standard InChI is InChI=1S/C14H29NO/c1-10-6-11(2)8-12(7-10)13(16)9-15-14(3,4)5/h10-13,15-16H,6-9H2,1-5H3. The van der Waals surface area contributed by atoms with Gasteiger partial charge in [0.1, 0.15) is 0 Å². The van der Waals surface area contributed by atoms with Crippen LogP contribution in [0.5, 0.6) is 0 Å². The van der Waals surface area contributed by atoms with Crippen molar-refractivity contribution in [2.45, 2.75) is 65.5 Å². The van der Waals surface area contributed by atoms with Gasteiger partial charge in [0.15, 0.2) is 0 Å². The Morgan fingerprint density at radius 1 is 1.12 bits per heavy atom. The number of hydrogen-bond acceptors (Lipinski definition) is 2. The van der Waals surface area contributed by atoms with Gasteiger partial charge in [-0.05, 0) is 57.8 Å². The predicted molar refractivity (Wildman–Crippen MR) is 69.4 cm³/mol. The smallest absolute Gasteiger partial charge is 0.0693 e. The molecule has 0 aromatic heterocycles. The Morgan fingerprint density at radius 3 is 2.06 bits per heavy atom. The minimum Gasteiger partial charge on any atom is -0.392 e. The van der Waals surface area contributed by atoms with Crippen molar-refractivity contribution in [3.8, 4) is 0 Å². The molecule has 0 bridgehead atoms. The van der Waals surface area contributed by atoms with Crippen molar-refractivity contribution in [1.29, 1.82) is 0 Å². The maximum Gasteiger partial charge on any atom is 0.0693 e. The number of β-amino-alcohol motifs (C(OH)–C–C–N with tert-alkyl or cyclic N) is 1. The van der Waals surface area contributed by atoms with Crippen LogP contribution >= 0.6 is 0 Å². The van der Waals surface area contributed by atoms with Crippen LogP contribution in [0.25, 0.3) is 0 Å². The third-order valence-electron chi connectivity index (χ3n) is 3.60. The monoisotopic (exact) mass is 227 g/mol. The van der Waals surface area contributed by atoms with E-state index in [1.54, 1.807) is 0 Å². The molecule has 2 heteroatoms. The first kappa shape index (κ1) is 14.0. The van der Waals surface area contributed by atoms with Crippen molar-refractivity contribution in [2.24, 2.45) is 17.8 Å². The van der Waals surface area contributed by atoms with Gasteiger partial charge in [-0.25, -0.2) is 0 Å². The van der Waals surface area contributed by atoms with E-state index in [9.17, 15) is 5.11 Å². The molecule has 0 aromatic rings. The second kappa shape index (κ2) is 5.50. The molecule has 2 nitrogen and oxygen atoms in total. The van der Waals surface area contributed by atoms with Gasteiger partial charge in [-0.15, -0.1) is 0 Å². The first-order valence-corrected chi connectivity index (χ1v) is 6.71. The van der Waals surface area contributed by atoms with Crippen molar-refractivity contribution in [3.05, 3.63) is 0 Å². The van der Waals surface area contributed by atoms with Gasteiger partial charge >= 0.3 is 0 Å². The lowest BCUT2D eigenvalue weighted by molar-refractivity contribution is 0.0514. The van der Waals surface area contributed by atoms with Crippen molar-refractivity contribution >= 4 is 0 Å². The summed E-state index contributed by atoms with van der Waals surface area (Å²) in [4.78, 5) is 0. The Hall–Kier alpha value is -0.0800. The van der Waals surface area contributed by atoms with Gasteiger partial charge in [0.25, 0.3) is 0 Å². The first-order valence-electron chi connectivity index (χ1n) is 6.71. The Labute approximate surface area is 101 Å². The summed E-state index contributed by atoms with van der Waals surface area (Å²) in [6.45, 7) is 11.8. The van der Waals surface area contributed by atoms with Crippen LogP contribution in [0.1, 0.15) is 53.9 Å². The molecule has 0 aromatic carbocycles. The van der Waals surface area contributed by atoms with E-state index < -0.39 is 0 Å². The molecular weight excluding hydrogens is 198 g/mol. The lowest BCUT2D eigenvalue weighted by Crippen LogP contribution is -2.44. The van der Waals surface area contributed by atoms with Crippen molar-refractivity contribution < 1.29 is 5.11 Å². The van der Waals surface area contributed by atoms with E-state index in [2.05, 4.69) is 39.9 Å². The molecule has 1 rings (SSSR count). The molecule has 0 spiro atoms. The van der Waals surface area contributed by atoms with E-state index in [0.29, 0.717) is 5.92 Å². The zero-order chi connectivity index (χ0) is 12.3. The predicted octanol–water partition coefficient (Wildman–Crippen LogP) is 2.81. The Bertz CT molecular complexity index is 199. The van der Waals surface area contributed by atoms with E-state index in [-0.39, 0.29) is 11.6 Å². The van der Waals surface area contributed by atoms with Crippen LogP contribution in [0.3, 0.4) is 0 Å². The van der Waals surface area contributed by atoms with E-state index in [4.69, 9.17) is 0 Å². The average Bonchev–Trinajstić information content (AvgIpc) is 2.11. The number of aliphatic hydroxyl groups is 1. The molecule has 1 aliphatic rings. The van der Waals surface area contributed by atoms with Gasteiger partial charge in [-0.1, -0.05) is 13.8 Å². The molecule has 0 aliphatic heterocycles. The fourth-order valence-corrected chi connectivity index (χ4v) is 2.90. The quantitative estimate of drug-likeness (QED) is 0.777. The van der Waals surface area contributed by atoms with E-state index in [0.717, 1.165) is 18.4 Å². The maximum absolute atomic E-state index is 10.2. The van der Waals surface area contributed by atoms with Crippen molar-refractivity contribution in [2.75, 3.05) is 6.54 Å². The minimum atomic E-state index is -0.176. The molecule has 1 fully saturated rings. The highest BCUT2D eigenvalue weighted by Crippen LogP contribution is 2.34. The van der Waals surface area contributed by atoms with Crippen LogP contribution < -0.4 is 5.32 Å². The normalized spacial score (nSPS) is 33.8. The summed E-state index contributed by atoms with van der Waals surface area (Å²) in [7, 11) is 0. The summed E-state index contributed by atoms with van der Waals surface area (Å²) in [5, 5.41) is 13.6. The molecule has 3 atom stereocenters. The summed E-state index contributed by atoms with van der Waals surface area (Å²) < 4.78 is 0. The number of hydrogen-bond donors (Lipinski definition) is 2. The van der Waals surface area contributed by atoms with Gasteiger partial charge < -0.3 is 10.4 Å². The lowest BCUT2D eigenvalue weighted by Gasteiger charge is -2.35. The summed E-state index contributed by atoms with van der Waals surface area (Å²) in [6, 6.07) is 0. The minimum absolute atomic E-state index is 0.104. The third-order valence-corrected chi connectivity index (χ3v) is 3.60. The van der Waals surface area contributed by atoms with Crippen LogP contribution in [-0.2, 0) is 0 Å². The molecule has 16 heavy (non-hydrogen) atoms. The second-order valence-electron chi connectivity index (χ2n) is 6.88. The van der Waals surface area contributed by atoms with Crippen LogP contribution in [0.4, 0.5) is 0 Å². The van der Waals surface area contributed by atoms with E-state index in [1.165, 1.54) is 19.3 Å². The zero-order valence-electron chi connectivity index (χ0n) is 11.6. The van der Waals surface area contributed by atoms with Gasteiger partial charge in [0, 0.05) is 12.1 Å². The zero-order valence-corrected chi connectivity index (χ0v) is 11.6. The molecular formula is C14H29NO. The Balaban J connectivity index is 2.38. The maximum atomic E-state index is 10.2. The second-order valence-corrected chi connectivity index (χ2v) is 6.88. The molecule has 1 aliphatic carbocycles. The number of rotatable bonds is 3. The summed E-state index contributed by atoms with van der Waals surface area (Å²) in [5.41, 5.74) is 0.104. The largest absolute Gasteiger partial charge is 0.392 e. The highest BCUT2D eigenvalue weighted by atomic mass is 16.3. The molecule has 0 saturated heterocycles. The average molecular weight is 227 g/mol. The fraction of sp³-hybridized carbons (Fsp3) is 1.00. The van der Waals surface area contributed by atoms with Crippen LogP contribution in [-0.4, -0.2) is 23.3 Å². The van der Waals surface area contributed by atoms with Crippen LogP contribution in [0, 0.1) is 17.8 Å².